The number of rotatable bonds is 5. The molecule has 0 aliphatic heterocycles. The number of pyridine rings is 2. The summed E-state index contributed by atoms with van der Waals surface area (Å²) in [4.78, 5) is 44.1. The SMILES string of the molecule is [2H]C([2H])([2H])n1ccnc1-c1cc2c(oc3ccccc32)c(-n2c(=O)n(-c3ccccc3)c3cc4c([c-]c32)n(-c2cc(C(C)(C)C)ccn2)c(=O)n4-c2ccccc2)n1.[Pt]. The van der Waals surface area contributed by atoms with Crippen molar-refractivity contribution in [1.82, 2.24) is 37.8 Å². The monoisotopic (exact) mass is 919 g/mol. The average molecular weight is 920 g/mol. The Morgan fingerprint density at radius 3 is 2.02 bits per heavy atom. The molecule has 11 nitrogen and oxygen atoms in total. The van der Waals surface area contributed by atoms with Crippen molar-refractivity contribution in [3.05, 3.63) is 160 Å². The van der Waals surface area contributed by atoms with Gasteiger partial charge < -0.3 is 18.1 Å². The Bertz CT molecular complexity index is 3370. The first kappa shape index (κ1) is 31.7. The molecule has 0 aliphatic rings. The Balaban J connectivity index is 0.00000449. The van der Waals surface area contributed by atoms with E-state index in [4.69, 9.17) is 13.5 Å². The van der Waals surface area contributed by atoms with Crippen molar-refractivity contribution < 1.29 is 29.6 Å². The predicted octanol–water partition coefficient (Wildman–Crippen LogP) is 8.06. The molecule has 12 heteroatoms. The van der Waals surface area contributed by atoms with Crippen LogP contribution < -0.4 is 11.4 Å². The molecule has 4 aromatic carbocycles. The second kappa shape index (κ2) is 13.0. The van der Waals surface area contributed by atoms with Gasteiger partial charge in [0.25, 0.3) is 0 Å². The maximum atomic E-state index is 15.2. The van der Waals surface area contributed by atoms with Gasteiger partial charge in [0.1, 0.15) is 17.1 Å². The molecule has 0 spiro atoms. The number of furan rings is 1. The van der Waals surface area contributed by atoms with E-state index in [0.29, 0.717) is 50.3 Å². The second-order valence-electron chi connectivity index (χ2n) is 14.4. The van der Waals surface area contributed by atoms with Crippen LogP contribution in [0.25, 0.3) is 78.5 Å². The number of aromatic nitrogens is 8. The summed E-state index contributed by atoms with van der Waals surface area (Å²) in [5, 5.41) is 1.33. The van der Waals surface area contributed by atoms with Gasteiger partial charge in [-0.15, -0.1) is 12.1 Å². The van der Waals surface area contributed by atoms with Gasteiger partial charge >= 0.3 is 11.4 Å². The zero-order chi connectivity index (χ0) is 40.1. The van der Waals surface area contributed by atoms with E-state index in [1.165, 1.54) is 21.5 Å². The summed E-state index contributed by atoms with van der Waals surface area (Å²) >= 11 is 0. The van der Waals surface area contributed by atoms with Crippen LogP contribution in [-0.2, 0) is 33.5 Å². The molecule has 0 radical (unpaired) electrons. The van der Waals surface area contributed by atoms with E-state index in [1.807, 2.05) is 103 Å². The van der Waals surface area contributed by atoms with Crippen molar-refractivity contribution >= 4 is 44.0 Å². The van der Waals surface area contributed by atoms with Crippen LogP contribution in [0.3, 0.4) is 0 Å². The molecule has 6 aromatic heterocycles. The molecule has 56 heavy (non-hydrogen) atoms. The van der Waals surface area contributed by atoms with E-state index in [9.17, 15) is 4.79 Å². The number of nitrogens with zero attached hydrogens (tertiary/aromatic N) is 8. The summed E-state index contributed by atoms with van der Waals surface area (Å²) in [5.41, 5.74) is 3.66. The smallest absolute Gasteiger partial charge is 0.326 e. The van der Waals surface area contributed by atoms with E-state index < -0.39 is 12.7 Å². The van der Waals surface area contributed by atoms with Crippen LogP contribution in [0.5, 0.6) is 0 Å². The van der Waals surface area contributed by atoms with Crippen LogP contribution in [0.2, 0.25) is 0 Å². The number of hydrogen-bond donors (Lipinski definition) is 0. The third-order valence-electron chi connectivity index (χ3n) is 9.99. The summed E-state index contributed by atoms with van der Waals surface area (Å²) in [6.07, 6.45) is 4.46. The largest absolute Gasteiger partial charge is 0.452 e. The normalized spacial score (nSPS) is 12.9. The van der Waals surface area contributed by atoms with Crippen molar-refractivity contribution in [2.24, 2.45) is 6.98 Å². The van der Waals surface area contributed by atoms with E-state index in [-0.39, 0.29) is 55.0 Å². The molecule has 0 unspecified atom stereocenters. The molecular weight excluding hydrogens is 884 g/mol. The first-order valence-electron chi connectivity index (χ1n) is 19.2. The van der Waals surface area contributed by atoms with Gasteiger partial charge in [0.2, 0.25) is 0 Å². The zero-order valence-electron chi connectivity index (χ0n) is 33.2. The summed E-state index contributed by atoms with van der Waals surface area (Å²) in [6.45, 7) is 3.71. The zero-order valence-corrected chi connectivity index (χ0v) is 32.5. The molecular formula is C44H33N8O3Pt-. The fourth-order valence-electron chi connectivity index (χ4n) is 7.32. The Kier molecular flexibility index (Phi) is 7.38. The molecule has 10 aromatic rings. The van der Waals surface area contributed by atoms with Crippen molar-refractivity contribution in [2.75, 3.05) is 0 Å². The molecule has 0 N–H and O–H groups in total. The van der Waals surface area contributed by atoms with Crippen molar-refractivity contribution in [1.29, 1.82) is 0 Å². The Morgan fingerprint density at radius 2 is 1.34 bits per heavy atom. The minimum Gasteiger partial charge on any atom is -0.452 e. The molecule has 0 saturated heterocycles. The first-order valence-corrected chi connectivity index (χ1v) is 17.7. The third kappa shape index (κ3) is 5.33. The Labute approximate surface area is 338 Å². The minimum absolute atomic E-state index is 0. The van der Waals surface area contributed by atoms with Gasteiger partial charge in [-0.2, -0.15) is 0 Å². The number of para-hydroxylation sites is 3. The standard InChI is InChI=1S/C44H33N8O3.Pt/c1-44(2,3)27-19-20-45-38(23-27)51-35-26-36-34(25-33(35)49(42(51)53)28-13-7-5-8-14-28)50(29-15-9-6-10-16-29)43(54)52(36)41-39-31(30-17-11-12-18-37(30)55-39)24-32(47-41)40-46-21-22-48(40)4;/h5-25H,1-4H3;/q-1;/i4D3;. The fourth-order valence-corrected chi connectivity index (χ4v) is 7.32. The van der Waals surface area contributed by atoms with Gasteiger partial charge in [0, 0.05) is 72.9 Å². The van der Waals surface area contributed by atoms with E-state index in [0.717, 1.165) is 15.5 Å². The van der Waals surface area contributed by atoms with Crippen LogP contribution in [-0.4, -0.2) is 37.8 Å². The molecule has 0 amide bonds. The van der Waals surface area contributed by atoms with Gasteiger partial charge in [-0.3, -0.25) is 9.13 Å². The number of aryl methyl sites for hydroxylation is 1. The number of imidazole rings is 3. The maximum Gasteiger partial charge on any atom is 0.326 e. The van der Waals surface area contributed by atoms with Crippen molar-refractivity contribution in [3.8, 4) is 34.5 Å². The molecule has 278 valence electrons. The van der Waals surface area contributed by atoms with Crippen LogP contribution in [0, 0.1) is 6.07 Å². The predicted molar refractivity (Wildman–Crippen MR) is 214 cm³/mol. The molecule has 0 bridgehead atoms. The van der Waals surface area contributed by atoms with Crippen LogP contribution >= 0.6 is 0 Å². The van der Waals surface area contributed by atoms with Crippen LogP contribution in [0.1, 0.15) is 30.4 Å². The van der Waals surface area contributed by atoms with Gasteiger partial charge in [-0.1, -0.05) is 75.4 Å². The second-order valence-corrected chi connectivity index (χ2v) is 14.4. The van der Waals surface area contributed by atoms with E-state index >= 15 is 4.79 Å². The summed E-state index contributed by atoms with van der Waals surface area (Å²) < 4.78 is 38.2. The fraction of sp³-hybridized carbons (Fsp3) is 0.114. The van der Waals surface area contributed by atoms with Crippen LogP contribution in [0.4, 0.5) is 0 Å². The number of benzene rings is 4. The van der Waals surface area contributed by atoms with Crippen molar-refractivity contribution in [3.63, 3.8) is 0 Å². The summed E-state index contributed by atoms with van der Waals surface area (Å²) in [5.74, 6) is 0.562. The molecule has 6 heterocycles. The van der Waals surface area contributed by atoms with Gasteiger partial charge in [-0.05, 0) is 81.6 Å². The van der Waals surface area contributed by atoms with E-state index in [2.05, 4.69) is 36.8 Å². The van der Waals surface area contributed by atoms with Gasteiger partial charge in [0.05, 0.1) is 0 Å². The van der Waals surface area contributed by atoms with Crippen molar-refractivity contribution in [2.45, 2.75) is 26.2 Å². The topological polar surface area (TPSA) is 111 Å². The van der Waals surface area contributed by atoms with Gasteiger partial charge in [0.15, 0.2) is 17.2 Å². The average Bonchev–Trinajstić information content (AvgIpc) is 3.98. The Morgan fingerprint density at radius 1 is 0.696 bits per heavy atom. The molecule has 0 aliphatic carbocycles. The molecule has 0 fully saturated rings. The number of fused-ring (bicyclic) bond motifs is 5. The molecule has 0 atom stereocenters. The number of hydrogen-bond acceptors (Lipinski definition) is 6. The maximum absolute atomic E-state index is 15.2. The first-order chi connectivity index (χ1) is 27.9. The summed E-state index contributed by atoms with van der Waals surface area (Å²) in [6, 6.07) is 36.8. The quantitative estimate of drug-likeness (QED) is 0.162. The van der Waals surface area contributed by atoms with E-state index in [1.54, 1.807) is 21.4 Å². The Hall–Kier alpha value is -6.58. The summed E-state index contributed by atoms with van der Waals surface area (Å²) in [7, 11) is 0. The molecule has 10 rings (SSSR count). The van der Waals surface area contributed by atoms with Gasteiger partial charge in [-0.25, -0.2) is 24.5 Å². The molecule has 0 saturated carbocycles. The minimum atomic E-state index is -2.56. The van der Waals surface area contributed by atoms with Crippen LogP contribution in [0.15, 0.2) is 142 Å². The third-order valence-corrected chi connectivity index (χ3v) is 9.99.